The molecule has 0 saturated heterocycles. The summed E-state index contributed by atoms with van der Waals surface area (Å²) in [6, 6.07) is 7.69. The summed E-state index contributed by atoms with van der Waals surface area (Å²) in [5, 5.41) is 3.78. The Balaban J connectivity index is 1.82. The molecule has 3 atom stereocenters. The Kier molecular flexibility index (Phi) is 6.99. The van der Waals surface area contributed by atoms with E-state index in [9.17, 15) is 4.79 Å². The van der Waals surface area contributed by atoms with E-state index in [1.807, 2.05) is 18.2 Å². The van der Waals surface area contributed by atoms with Crippen LogP contribution in [0.5, 0.6) is 0 Å². The van der Waals surface area contributed by atoms with Crippen LogP contribution < -0.4 is 16.2 Å². The SMILES string of the molecule is COCc1cccc(C(=O)NNC(=S)N[C@@H]2CCC[C@@H](C)[C@H]2C)c1. The quantitative estimate of drug-likeness (QED) is 0.576. The van der Waals surface area contributed by atoms with Crippen LogP contribution in [0.2, 0.25) is 0 Å². The molecular formula is C18H27N3O2S. The van der Waals surface area contributed by atoms with Crippen molar-refractivity contribution in [2.24, 2.45) is 11.8 Å². The second-order valence-corrected chi connectivity index (χ2v) is 6.97. The van der Waals surface area contributed by atoms with Crippen LogP contribution in [-0.2, 0) is 11.3 Å². The summed E-state index contributed by atoms with van der Waals surface area (Å²) in [7, 11) is 1.63. The van der Waals surface area contributed by atoms with E-state index in [0.717, 1.165) is 12.0 Å². The second kappa shape index (κ2) is 8.99. The van der Waals surface area contributed by atoms with E-state index in [4.69, 9.17) is 17.0 Å². The number of rotatable bonds is 4. The molecule has 0 aromatic heterocycles. The van der Waals surface area contributed by atoms with Crippen LogP contribution in [0.15, 0.2) is 24.3 Å². The zero-order valence-corrected chi connectivity index (χ0v) is 15.4. The number of hydrogen-bond acceptors (Lipinski definition) is 3. The topological polar surface area (TPSA) is 62.4 Å². The Labute approximate surface area is 149 Å². The average molecular weight is 350 g/mol. The fourth-order valence-electron chi connectivity index (χ4n) is 3.14. The Morgan fingerprint density at radius 3 is 2.83 bits per heavy atom. The minimum atomic E-state index is -0.220. The largest absolute Gasteiger partial charge is 0.380 e. The summed E-state index contributed by atoms with van der Waals surface area (Å²) in [5.74, 6) is 1.04. The monoisotopic (exact) mass is 349 g/mol. The van der Waals surface area contributed by atoms with Crippen LogP contribution >= 0.6 is 12.2 Å². The van der Waals surface area contributed by atoms with Gasteiger partial charge in [-0.25, -0.2) is 0 Å². The number of hydrazine groups is 1. The van der Waals surface area contributed by atoms with Gasteiger partial charge in [-0.15, -0.1) is 0 Å². The van der Waals surface area contributed by atoms with Crippen molar-refractivity contribution in [1.82, 2.24) is 16.2 Å². The molecule has 2 rings (SSSR count). The van der Waals surface area contributed by atoms with Gasteiger partial charge in [0.15, 0.2) is 5.11 Å². The lowest BCUT2D eigenvalue weighted by molar-refractivity contribution is 0.0943. The summed E-state index contributed by atoms with van der Waals surface area (Å²) in [4.78, 5) is 12.2. The minimum Gasteiger partial charge on any atom is -0.380 e. The number of hydrogen-bond donors (Lipinski definition) is 3. The van der Waals surface area contributed by atoms with Gasteiger partial charge in [0.1, 0.15) is 0 Å². The number of thiocarbonyl (C=S) groups is 1. The van der Waals surface area contributed by atoms with Gasteiger partial charge < -0.3 is 10.1 Å². The summed E-state index contributed by atoms with van der Waals surface area (Å²) >= 11 is 5.31. The van der Waals surface area contributed by atoms with E-state index in [1.165, 1.54) is 12.8 Å². The van der Waals surface area contributed by atoms with Gasteiger partial charge in [-0.1, -0.05) is 38.8 Å². The van der Waals surface area contributed by atoms with E-state index in [0.29, 0.717) is 35.2 Å². The Morgan fingerprint density at radius 1 is 1.29 bits per heavy atom. The summed E-state index contributed by atoms with van der Waals surface area (Å²) < 4.78 is 5.09. The molecule has 1 saturated carbocycles. The van der Waals surface area contributed by atoms with Crippen molar-refractivity contribution in [1.29, 1.82) is 0 Å². The van der Waals surface area contributed by atoms with Gasteiger partial charge in [-0.05, 0) is 48.2 Å². The van der Waals surface area contributed by atoms with Gasteiger partial charge in [0.05, 0.1) is 6.61 Å². The Hall–Kier alpha value is -1.66. The maximum Gasteiger partial charge on any atom is 0.269 e. The lowest BCUT2D eigenvalue weighted by atomic mass is 9.78. The molecule has 0 heterocycles. The number of benzene rings is 1. The average Bonchev–Trinajstić information content (AvgIpc) is 2.57. The third-order valence-electron chi connectivity index (χ3n) is 4.81. The van der Waals surface area contributed by atoms with E-state index in [1.54, 1.807) is 13.2 Å². The van der Waals surface area contributed by atoms with E-state index >= 15 is 0 Å². The maximum absolute atomic E-state index is 12.2. The van der Waals surface area contributed by atoms with Gasteiger partial charge in [-0.2, -0.15) is 0 Å². The highest BCUT2D eigenvalue weighted by Crippen LogP contribution is 2.29. The smallest absolute Gasteiger partial charge is 0.269 e. The third-order valence-corrected chi connectivity index (χ3v) is 5.03. The van der Waals surface area contributed by atoms with E-state index < -0.39 is 0 Å². The summed E-state index contributed by atoms with van der Waals surface area (Å²) in [6.45, 7) is 5.01. The third kappa shape index (κ3) is 5.18. The number of ether oxygens (including phenoxy) is 1. The highest BCUT2D eigenvalue weighted by Gasteiger charge is 2.27. The first-order valence-corrected chi connectivity index (χ1v) is 8.86. The number of nitrogens with one attached hydrogen (secondary N) is 3. The van der Waals surface area contributed by atoms with Crippen molar-refractivity contribution >= 4 is 23.2 Å². The molecule has 1 aliphatic carbocycles. The van der Waals surface area contributed by atoms with Crippen molar-refractivity contribution in [2.45, 2.75) is 45.8 Å². The standard InChI is InChI=1S/C18H27N3O2S/c1-12-6-4-9-16(13(12)2)19-18(24)21-20-17(22)15-8-5-7-14(10-15)11-23-3/h5,7-8,10,12-13,16H,4,6,9,11H2,1-3H3,(H,20,22)(H2,19,21,24)/t12-,13-,16-/m1/s1. The number of carbonyl (C=O) groups excluding carboxylic acids is 1. The van der Waals surface area contributed by atoms with Crippen molar-refractivity contribution < 1.29 is 9.53 Å². The van der Waals surface area contributed by atoms with Crippen LogP contribution in [0.25, 0.3) is 0 Å². The molecule has 1 amide bonds. The molecule has 0 spiro atoms. The minimum absolute atomic E-state index is 0.220. The van der Waals surface area contributed by atoms with Gasteiger partial charge in [0.25, 0.3) is 5.91 Å². The fourth-order valence-corrected chi connectivity index (χ4v) is 3.35. The van der Waals surface area contributed by atoms with Gasteiger partial charge >= 0.3 is 0 Å². The predicted molar refractivity (Wildman–Crippen MR) is 99.5 cm³/mol. The maximum atomic E-state index is 12.2. The molecule has 24 heavy (non-hydrogen) atoms. The first-order valence-electron chi connectivity index (χ1n) is 8.46. The second-order valence-electron chi connectivity index (χ2n) is 6.56. The molecule has 5 nitrogen and oxygen atoms in total. The lowest BCUT2D eigenvalue weighted by Gasteiger charge is -2.35. The normalized spacial score (nSPS) is 23.4. The zero-order chi connectivity index (χ0) is 17.5. The van der Waals surface area contributed by atoms with Gasteiger partial charge in [-0.3, -0.25) is 15.6 Å². The predicted octanol–water partition coefficient (Wildman–Crippen LogP) is 2.77. The van der Waals surface area contributed by atoms with Crippen molar-refractivity contribution in [3.8, 4) is 0 Å². The molecule has 1 aliphatic rings. The molecule has 1 aromatic rings. The number of amides is 1. The first kappa shape index (κ1) is 18.7. The summed E-state index contributed by atoms with van der Waals surface area (Å²) in [5.41, 5.74) is 6.98. The fraction of sp³-hybridized carbons (Fsp3) is 0.556. The van der Waals surface area contributed by atoms with E-state index in [-0.39, 0.29) is 5.91 Å². The molecule has 1 fully saturated rings. The van der Waals surface area contributed by atoms with Crippen molar-refractivity contribution in [3.63, 3.8) is 0 Å². The van der Waals surface area contributed by atoms with Crippen LogP contribution in [-0.4, -0.2) is 24.2 Å². The molecule has 0 aliphatic heterocycles. The lowest BCUT2D eigenvalue weighted by Crippen LogP contribution is -2.52. The zero-order valence-electron chi connectivity index (χ0n) is 14.6. The summed E-state index contributed by atoms with van der Waals surface area (Å²) in [6.07, 6.45) is 3.60. The highest BCUT2D eigenvalue weighted by atomic mass is 32.1. The molecule has 0 radical (unpaired) electrons. The van der Waals surface area contributed by atoms with Crippen molar-refractivity contribution in [3.05, 3.63) is 35.4 Å². The van der Waals surface area contributed by atoms with Gasteiger partial charge in [0.2, 0.25) is 0 Å². The Morgan fingerprint density at radius 2 is 2.08 bits per heavy atom. The van der Waals surface area contributed by atoms with Crippen molar-refractivity contribution in [2.75, 3.05) is 7.11 Å². The number of methoxy groups -OCH3 is 1. The van der Waals surface area contributed by atoms with Crippen LogP contribution in [0, 0.1) is 11.8 Å². The molecule has 132 valence electrons. The van der Waals surface area contributed by atoms with Crippen LogP contribution in [0.1, 0.15) is 49.0 Å². The molecule has 0 bridgehead atoms. The molecule has 1 aromatic carbocycles. The molecular weight excluding hydrogens is 322 g/mol. The molecule has 6 heteroatoms. The first-order chi connectivity index (χ1) is 11.5. The van der Waals surface area contributed by atoms with Gasteiger partial charge in [0, 0.05) is 18.7 Å². The number of carbonyl (C=O) groups is 1. The Bertz CT molecular complexity index is 579. The highest BCUT2D eigenvalue weighted by molar-refractivity contribution is 7.80. The van der Waals surface area contributed by atoms with Crippen LogP contribution in [0.4, 0.5) is 0 Å². The van der Waals surface area contributed by atoms with E-state index in [2.05, 4.69) is 30.0 Å². The molecule has 0 unspecified atom stereocenters. The molecule has 3 N–H and O–H groups in total. The van der Waals surface area contributed by atoms with Crippen LogP contribution in [0.3, 0.4) is 0 Å².